The Kier molecular flexibility index (Phi) is 6.20. The summed E-state index contributed by atoms with van der Waals surface area (Å²) in [5, 5.41) is 12.8. The second-order valence-corrected chi connectivity index (χ2v) is 12.7. The number of nitrogens with two attached hydrogens (primary N) is 1. The van der Waals surface area contributed by atoms with Crippen LogP contribution in [0.15, 0.2) is 0 Å². The Labute approximate surface area is 204 Å². The van der Waals surface area contributed by atoms with Crippen molar-refractivity contribution in [2.24, 2.45) is 40.2 Å². The van der Waals surface area contributed by atoms with Crippen LogP contribution in [0.5, 0.6) is 0 Å². The molecule has 0 spiro atoms. The van der Waals surface area contributed by atoms with E-state index in [-0.39, 0.29) is 40.4 Å². The first kappa shape index (κ1) is 24.4. The minimum absolute atomic E-state index is 0.0222. The van der Waals surface area contributed by atoms with E-state index in [1.54, 1.807) is 11.9 Å². The van der Waals surface area contributed by atoms with Crippen LogP contribution >= 0.6 is 0 Å². The third kappa shape index (κ3) is 3.59. The number of amides is 2. The summed E-state index contributed by atoms with van der Waals surface area (Å²) in [4.78, 5) is 27.1. The Balaban J connectivity index is 1.27. The molecule has 1 saturated heterocycles. The highest BCUT2D eigenvalue weighted by Gasteiger charge is 2.67. The molecular weight excluding hydrogens is 430 g/mol. The van der Waals surface area contributed by atoms with E-state index in [1.165, 1.54) is 0 Å². The summed E-state index contributed by atoms with van der Waals surface area (Å²) >= 11 is 0. The van der Waals surface area contributed by atoms with Crippen molar-refractivity contribution >= 4 is 12.0 Å². The molecule has 2 amide bonds. The van der Waals surface area contributed by atoms with Crippen LogP contribution < -0.4 is 11.1 Å². The Hall–Kier alpha value is -1.34. The number of hydrogen-bond donors (Lipinski definition) is 3. The molecule has 192 valence electrons. The molecule has 0 bridgehead atoms. The highest BCUT2D eigenvalue weighted by molar-refractivity contribution is 5.80. The van der Waals surface area contributed by atoms with E-state index < -0.39 is 6.10 Å². The van der Waals surface area contributed by atoms with Crippen molar-refractivity contribution in [3.05, 3.63) is 0 Å². The van der Waals surface area contributed by atoms with Crippen LogP contribution in [-0.4, -0.2) is 59.9 Å². The molecule has 5 rings (SSSR count). The van der Waals surface area contributed by atoms with Gasteiger partial charge in [0.15, 0.2) is 0 Å². The molecule has 7 nitrogen and oxygen atoms in total. The van der Waals surface area contributed by atoms with E-state index in [2.05, 4.69) is 19.2 Å². The van der Waals surface area contributed by atoms with Crippen LogP contribution in [0, 0.1) is 34.5 Å². The van der Waals surface area contributed by atoms with Gasteiger partial charge in [0.25, 0.3) is 0 Å². The highest BCUT2D eigenvalue weighted by atomic mass is 16.6. The molecule has 4 N–H and O–H groups in total. The number of carbonyl (C=O) groups is 2. The highest BCUT2D eigenvalue weighted by Crippen LogP contribution is 2.68. The van der Waals surface area contributed by atoms with Crippen molar-refractivity contribution in [2.75, 3.05) is 20.1 Å². The van der Waals surface area contributed by atoms with E-state index in [0.29, 0.717) is 30.8 Å². The molecule has 4 aliphatic carbocycles. The summed E-state index contributed by atoms with van der Waals surface area (Å²) in [6.45, 7) is 5.84. The lowest BCUT2D eigenvalue weighted by Crippen LogP contribution is -2.67. The maximum Gasteiger partial charge on any atom is 0.410 e. The predicted molar refractivity (Wildman–Crippen MR) is 130 cm³/mol. The first-order chi connectivity index (χ1) is 16.1. The van der Waals surface area contributed by atoms with Gasteiger partial charge in [0.2, 0.25) is 5.91 Å². The zero-order valence-electron chi connectivity index (χ0n) is 21.4. The van der Waals surface area contributed by atoms with Crippen molar-refractivity contribution in [3.63, 3.8) is 0 Å². The number of carbonyl (C=O) groups excluding carboxylic acids is 2. The van der Waals surface area contributed by atoms with Gasteiger partial charge in [0.05, 0.1) is 6.10 Å². The smallest absolute Gasteiger partial charge is 0.410 e. The summed E-state index contributed by atoms with van der Waals surface area (Å²) in [5.41, 5.74) is 7.17. The Morgan fingerprint density at radius 2 is 1.82 bits per heavy atom. The number of fused-ring (bicyclic) bond motifs is 5. The summed E-state index contributed by atoms with van der Waals surface area (Å²) in [6.07, 6.45) is 10.1. The molecule has 0 aromatic heterocycles. The van der Waals surface area contributed by atoms with Gasteiger partial charge >= 0.3 is 6.09 Å². The maximum atomic E-state index is 12.7. The maximum absolute atomic E-state index is 12.7. The third-order valence-electron chi connectivity index (χ3n) is 11.4. The normalized spacial score (nSPS) is 48.3. The number of nitrogens with one attached hydrogen (secondary N) is 1. The average molecular weight is 476 g/mol. The fourth-order valence-corrected chi connectivity index (χ4v) is 9.33. The van der Waals surface area contributed by atoms with Gasteiger partial charge in [0.1, 0.15) is 6.10 Å². The number of aliphatic hydroxyl groups excluding tert-OH is 1. The molecule has 0 aromatic carbocycles. The van der Waals surface area contributed by atoms with Crippen LogP contribution in [0.3, 0.4) is 0 Å². The van der Waals surface area contributed by atoms with Crippen molar-refractivity contribution in [1.29, 1.82) is 0 Å². The van der Waals surface area contributed by atoms with Crippen LogP contribution in [-0.2, 0) is 9.53 Å². The second-order valence-electron chi connectivity index (χ2n) is 12.7. The first-order valence-corrected chi connectivity index (χ1v) is 13.8. The number of likely N-dealkylation sites (tertiary alicyclic amines) is 1. The lowest BCUT2D eigenvalue weighted by atomic mass is 9.42. The molecule has 5 aliphatic rings. The minimum atomic E-state index is -0.426. The van der Waals surface area contributed by atoms with Gasteiger partial charge in [-0.2, -0.15) is 0 Å². The molecule has 34 heavy (non-hydrogen) atoms. The fraction of sp³-hybridized carbons (Fsp3) is 0.926. The van der Waals surface area contributed by atoms with Gasteiger partial charge < -0.3 is 25.8 Å². The minimum Gasteiger partial charge on any atom is -0.446 e. The molecule has 5 fully saturated rings. The standard InChI is InChI=1S/C27H45N3O4/c1-25-11-8-19(34-24(33)30-14-4-5-18(31)16-30)15-17(25)6-7-21-20(25)9-12-26(2)22(23(32)29-3)10-13-27(21,26)28/h17-22,31H,4-16,28H2,1-3H3,(H,29,32)/t17?,18?,19?,20-,21-,22?,25+,26-,27-/m1/s1. The lowest BCUT2D eigenvalue weighted by Gasteiger charge is -2.64. The van der Waals surface area contributed by atoms with Crippen molar-refractivity contribution in [3.8, 4) is 0 Å². The quantitative estimate of drug-likeness (QED) is 0.567. The molecule has 4 saturated carbocycles. The predicted octanol–water partition coefficient (Wildman–Crippen LogP) is 3.43. The van der Waals surface area contributed by atoms with Gasteiger partial charge in [-0.15, -0.1) is 0 Å². The lowest BCUT2D eigenvalue weighted by molar-refractivity contribution is -0.147. The van der Waals surface area contributed by atoms with Crippen LogP contribution in [0.1, 0.15) is 84.5 Å². The number of β-amino-alcohol motifs (C(OH)–C–C–N with tert-alkyl or cyclic N) is 1. The SMILES string of the molecule is CNC(=O)C1CC[C@@]2(N)[C@@H]3CCC4CC(OC(=O)N5CCCC(O)C5)CC[C@]4(C)[C@@H]3CC[C@]12C. The molecule has 0 radical (unpaired) electrons. The van der Waals surface area contributed by atoms with Crippen LogP contribution in [0.2, 0.25) is 0 Å². The molecule has 7 heteroatoms. The van der Waals surface area contributed by atoms with E-state index in [0.717, 1.165) is 70.6 Å². The summed E-state index contributed by atoms with van der Waals surface area (Å²) in [5.74, 6) is 1.79. The van der Waals surface area contributed by atoms with E-state index in [4.69, 9.17) is 10.5 Å². The number of piperidine rings is 1. The zero-order chi connectivity index (χ0) is 24.3. The summed E-state index contributed by atoms with van der Waals surface area (Å²) in [7, 11) is 1.75. The largest absolute Gasteiger partial charge is 0.446 e. The van der Waals surface area contributed by atoms with Crippen molar-refractivity contribution in [2.45, 2.75) is 102 Å². The van der Waals surface area contributed by atoms with Gasteiger partial charge in [-0.1, -0.05) is 13.8 Å². The van der Waals surface area contributed by atoms with Gasteiger partial charge in [0, 0.05) is 31.6 Å². The van der Waals surface area contributed by atoms with E-state index >= 15 is 0 Å². The number of rotatable bonds is 2. The molecule has 1 heterocycles. The molecular formula is C27H45N3O4. The molecule has 4 unspecified atom stereocenters. The van der Waals surface area contributed by atoms with Gasteiger partial charge in [-0.3, -0.25) is 4.79 Å². The number of ether oxygens (including phenoxy) is 1. The molecule has 0 aromatic rings. The Bertz CT molecular complexity index is 822. The Morgan fingerprint density at radius 3 is 2.56 bits per heavy atom. The van der Waals surface area contributed by atoms with E-state index in [1.807, 2.05) is 0 Å². The van der Waals surface area contributed by atoms with Gasteiger partial charge in [-0.25, -0.2) is 4.79 Å². The van der Waals surface area contributed by atoms with Crippen LogP contribution in [0.25, 0.3) is 0 Å². The Morgan fingerprint density at radius 1 is 1.03 bits per heavy atom. The number of hydrogen-bond acceptors (Lipinski definition) is 5. The van der Waals surface area contributed by atoms with Crippen molar-refractivity contribution < 1.29 is 19.4 Å². The number of nitrogens with zero attached hydrogens (tertiary/aromatic N) is 1. The van der Waals surface area contributed by atoms with Gasteiger partial charge in [-0.05, 0) is 99.2 Å². The summed E-state index contributed by atoms with van der Waals surface area (Å²) < 4.78 is 5.97. The third-order valence-corrected chi connectivity index (χ3v) is 11.4. The average Bonchev–Trinajstić information content (AvgIpc) is 3.10. The van der Waals surface area contributed by atoms with E-state index in [9.17, 15) is 14.7 Å². The zero-order valence-corrected chi connectivity index (χ0v) is 21.4. The topological polar surface area (TPSA) is 105 Å². The molecule has 9 atom stereocenters. The first-order valence-electron chi connectivity index (χ1n) is 13.8. The molecule has 1 aliphatic heterocycles. The number of aliphatic hydroxyl groups is 1. The van der Waals surface area contributed by atoms with Crippen molar-refractivity contribution in [1.82, 2.24) is 10.2 Å². The summed E-state index contributed by atoms with van der Waals surface area (Å²) in [6, 6.07) is 0. The second kappa shape index (κ2) is 8.65. The fourth-order valence-electron chi connectivity index (χ4n) is 9.33. The van der Waals surface area contributed by atoms with Crippen LogP contribution in [0.4, 0.5) is 4.79 Å². The monoisotopic (exact) mass is 475 g/mol.